The molecule has 0 fully saturated rings. The number of fused-ring (bicyclic) bond motifs is 12. The van der Waals surface area contributed by atoms with Crippen LogP contribution in [0.5, 0.6) is 0 Å². The van der Waals surface area contributed by atoms with E-state index in [1.807, 2.05) is 17.4 Å². The predicted octanol–water partition coefficient (Wildman–Crippen LogP) is 15.8. The van der Waals surface area contributed by atoms with Gasteiger partial charge in [-0.05, 0) is 88.2 Å². The van der Waals surface area contributed by atoms with E-state index in [-0.39, 0.29) is 5.41 Å². The maximum absolute atomic E-state index is 6.99. The molecule has 0 amide bonds. The van der Waals surface area contributed by atoms with E-state index in [2.05, 4.69) is 214 Å². The van der Waals surface area contributed by atoms with Gasteiger partial charge in [-0.2, -0.15) is 0 Å². The molecule has 13 aromatic rings. The summed E-state index contributed by atoms with van der Waals surface area (Å²) in [5.41, 5.74) is 17.4. The van der Waals surface area contributed by atoms with E-state index in [1.165, 1.54) is 42.1 Å². The minimum absolute atomic E-state index is 0.0610. The van der Waals surface area contributed by atoms with Gasteiger partial charge in [-0.3, -0.25) is 0 Å². The summed E-state index contributed by atoms with van der Waals surface area (Å²) >= 11 is 1.85. The number of anilines is 2. The molecular formula is C60H40BN2O2S. The molecule has 5 heterocycles. The summed E-state index contributed by atoms with van der Waals surface area (Å²) in [7, 11) is 2.40. The lowest BCUT2D eigenvalue weighted by atomic mass is 9.59. The molecule has 4 nitrogen and oxygen atoms in total. The fourth-order valence-corrected chi connectivity index (χ4v) is 11.7. The van der Waals surface area contributed by atoms with E-state index in [9.17, 15) is 0 Å². The van der Waals surface area contributed by atoms with Crippen molar-refractivity contribution in [2.75, 3.05) is 5.32 Å². The summed E-state index contributed by atoms with van der Waals surface area (Å²) in [6.45, 7) is 6.79. The molecule has 0 bridgehead atoms. The zero-order valence-corrected chi connectivity index (χ0v) is 37.4. The first-order chi connectivity index (χ1) is 32.3. The Morgan fingerprint density at radius 1 is 0.515 bits per heavy atom. The summed E-state index contributed by atoms with van der Waals surface area (Å²) < 4.78 is 18.6. The van der Waals surface area contributed by atoms with Crippen LogP contribution in [0, 0.1) is 0 Å². The summed E-state index contributed by atoms with van der Waals surface area (Å²) in [5.74, 6) is 0.869. The van der Waals surface area contributed by atoms with Crippen LogP contribution in [0.3, 0.4) is 0 Å². The van der Waals surface area contributed by atoms with Crippen LogP contribution in [-0.4, -0.2) is 11.8 Å². The van der Waals surface area contributed by atoms with Crippen LogP contribution >= 0.6 is 11.3 Å². The number of aromatic nitrogens is 1. The first-order valence-electron chi connectivity index (χ1n) is 22.6. The SMILES string of the molecule is CC(C)(C)c1ccc(Nc2cc3sc4ccccc4c3cc2-c2ccc3c4cc5oc6ccccc6c5cc4n4c3c2[B]c2cc3oc(-c5ccccc5)c(-c5ccccc5)c3cc2-4)cc1. The van der Waals surface area contributed by atoms with Gasteiger partial charge in [-0.25, -0.2) is 0 Å². The summed E-state index contributed by atoms with van der Waals surface area (Å²) in [5, 5.41) is 12.1. The second-order valence-corrected chi connectivity index (χ2v) is 19.8. The molecule has 1 N–H and O–H groups in total. The second kappa shape index (κ2) is 13.9. The smallest absolute Gasteiger partial charge is 0.198 e. The molecule has 4 aromatic heterocycles. The molecule has 1 aliphatic heterocycles. The van der Waals surface area contributed by atoms with Gasteiger partial charge >= 0.3 is 0 Å². The van der Waals surface area contributed by atoms with E-state index < -0.39 is 0 Å². The van der Waals surface area contributed by atoms with E-state index in [0.717, 1.165) is 99.9 Å². The molecule has 1 aliphatic rings. The maximum Gasteiger partial charge on any atom is 0.198 e. The molecule has 0 unspecified atom stereocenters. The highest BCUT2D eigenvalue weighted by Crippen LogP contribution is 2.46. The quantitative estimate of drug-likeness (QED) is 0.175. The molecule has 0 spiro atoms. The van der Waals surface area contributed by atoms with Crippen molar-refractivity contribution >= 4 is 116 Å². The topological polar surface area (TPSA) is 43.2 Å². The highest BCUT2D eigenvalue weighted by molar-refractivity contribution is 7.25. The second-order valence-electron chi connectivity index (χ2n) is 18.8. The van der Waals surface area contributed by atoms with Gasteiger partial charge in [-0.1, -0.05) is 148 Å². The van der Waals surface area contributed by atoms with Gasteiger partial charge in [0.15, 0.2) is 7.28 Å². The largest absolute Gasteiger partial charge is 0.456 e. The average molecular weight is 864 g/mol. The maximum atomic E-state index is 6.99. The molecule has 0 atom stereocenters. The Bertz CT molecular complexity index is 4130. The van der Waals surface area contributed by atoms with E-state index in [0.29, 0.717) is 0 Å². The molecule has 0 saturated carbocycles. The van der Waals surface area contributed by atoms with Crippen LogP contribution in [0.2, 0.25) is 0 Å². The summed E-state index contributed by atoms with van der Waals surface area (Å²) in [6.07, 6.45) is 0. The molecule has 66 heavy (non-hydrogen) atoms. The van der Waals surface area contributed by atoms with E-state index in [4.69, 9.17) is 8.83 Å². The van der Waals surface area contributed by atoms with Crippen LogP contribution in [0.25, 0.3) is 114 Å². The third-order valence-corrected chi connectivity index (χ3v) is 14.9. The number of furan rings is 2. The van der Waals surface area contributed by atoms with Crippen molar-refractivity contribution in [3.8, 4) is 39.3 Å². The number of thiophene rings is 1. The van der Waals surface area contributed by atoms with Crippen molar-refractivity contribution in [2.45, 2.75) is 26.2 Å². The van der Waals surface area contributed by atoms with E-state index >= 15 is 0 Å². The van der Waals surface area contributed by atoms with Crippen molar-refractivity contribution < 1.29 is 8.83 Å². The first-order valence-corrected chi connectivity index (χ1v) is 23.5. The Morgan fingerprint density at radius 2 is 1.24 bits per heavy atom. The van der Waals surface area contributed by atoms with Crippen LogP contribution in [-0.2, 0) is 5.41 Å². The van der Waals surface area contributed by atoms with Crippen molar-refractivity contribution in [2.24, 2.45) is 0 Å². The van der Waals surface area contributed by atoms with Crippen LogP contribution in [0.15, 0.2) is 191 Å². The number of nitrogens with zero attached hydrogens (tertiary/aromatic N) is 1. The monoisotopic (exact) mass is 863 g/mol. The average Bonchev–Trinajstić information content (AvgIpc) is 4.10. The fourth-order valence-electron chi connectivity index (χ4n) is 10.6. The standard InChI is InChI=1S/C60H40BN2O2S/c1-60(2,3)36-22-24-37(25-23-36)62-48-33-55-45(39-19-11-13-21-54(39)66-55)28-42(48)40-26-27-41-43-31-52-44(38-18-10-12-20-51(38)64-52)29-49(43)63-50-30-46-53(32-47(50)61-57(40)58(41)63)65-59(35-16-8-5-9-17-35)56(46)34-14-6-4-7-15-34/h4-33,62H,1-3H3. The van der Waals surface area contributed by atoms with Crippen LogP contribution < -0.4 is 16.2 Å². The molecule has 311 valence electrons. The van der Waals surface area contributed by atoms with Crippen LogP contribution in [0.1, 0.15) is 26.3 Å². The minimum atomic E-state index is 0.0610. The Labute approximate surface area is 385 Å². The Hall–Kier alpha value is -7.80. The third-order valence-electron chi connectivity index (χ3n) is 13.8. The van der Waals surface area contributed by atoms with Crippen molar-refractivity contribution in [3.05, 3.63) is 188 Å². The third kappa shape index (κ3) is 5.58. The lowest BCUT2D eigenvalue weighted by Gasteiger charge is -2.24. The highest BCUT2D eigenvalue weighted by atomic mass is 32.1. The Balaban J connectivity index is 1.07. The molecule has 0 aliphatic carbocycles. The van der Waals surface area contributed by atoms with Crippen molar-refractivity contribution in [1.82, 2.24) is 4.57 Å². The van der Waals surface area contributed by atoms with Gasteiger partial charge in [0.05, 0.1) is 5.52 Å². The zero-order valence-electron chi connectivity index (χ0n) is 36.6. The van der Waals surface area contributed by atoms with Crippen molar-refractivity contribution in [3.63, 3.8) is 0 Å². The van der Waals surface area contributed by atoms with E-state index in [1.54, 1.807) is 0 Å². The summed E-state index contributed by atoms with van der Waals surface area (Å²) in [4.78, 5) is 0. The van der Waals surface area contributed by atoms with Crippen LogP contribution in [0.4, 0.5) is 11.4 Å². The molecule has 14 rings (SSSR count). The molecular weight excluding hydrogens is 824 g/mol. The fraction of sp³-hybridized carbons (Fsp3) is 0.0667. The number of para-hydroxylation sites is 1. The normalized spacial score (nSPS) is 12.6. The van der Waals surface area contributed by atoms with Gasteiger partial charge < -0.3 is 18.7 Å². The minimum Gasteiger partial charge on any atom is -0.456 e. The molecule has 9 aromatic carbocycles. The highest BCUT2D eigenvalue weighted by Gasteiger charge is 2.30. The van der Waals surface area contributed by atoms with Gasteiger partial charge in [0.25, 0.3) is 0 Å². The lowest BCUT2D eigenvalue weighted by molar-refractivity contribution is 0.590. The van der Waals surface area contributed by atoms with Crippen molar-refractivity contribution in [1.29, 1.82) is 0 Å². The number of rotatable bonds is 5. The molecule has 0 saturated heterocycles. The van der Waals surface area contributed by atoms with Gasteiger partial charge in [0, 0.05) is 86.4 Å². The number of nitrogens with one attached hydrogen (secondary N) is 1. The number of benzene rings is 9. The van der Waals surface area contributed by atoms with Gasteiger partial charge in [-0.15, -0.1) is 11.3 Å². The molecule has 1 radical (unpaired) electrons. The zero-order chi connectivity index (χ0) is 43.8. The first kappa shape index (κ1) is 37.6. The van der Waals surface area contributed by atoms with Gasteiger partial charge in [0.1, 0.15) is 22.5 Å². The lowest BCUT2D eigenvalue weighted by Crippen LogP contribution is -2.37. The molecule has 6 heteroatoms. The Morgan fingerprint density at radius 3 is 2.05 bits per heavy atom. The number of hydrogen-bond donors (Lipinski definition) is 1. The van der Waals surface area contributed by atoms with Gasteiger partial charge in [0.2, 0.25) is 0 Å². The summed E-state index contributed by atoms with van der Waals surface area (Å²) in [6, 6.07) is 65.9. The Kier molecular flexibility index (Phi) is 7.89. The number of hydrogen-bond acceptors (Lipinski definition) is 4. The predicted molar refractivity (Wildman–Crippen MR) is 280 cm³/mol.